The van der Waals surface area contributed by atoms with Crippen molar-refractivity contribution in [3.05, 3.63) is 23.8 Å². The third-order valence-electron chi connectivity index (χ3n) is 4.51. The molecule has 1 aliphatic heterocycles. The summed E-state index contributed by atoms with van der Waals surface area (Å²) in [7, 11) is 0. The summed E-state index contributed by atoms with van der Waals surface area (Å²) >= 11 is 0. The van der Waals surface area contributed by atoms with Crippen molar-refractivity contribution in [2.24, 2.45) is 0 Å². The van der Waals surface area contributed by atoms with Crippen LogP contribution in [0.2, 0.25) is 0 Å². The maximum absolute atomic E-state index is 13.2. The molecular weight excluding hydrogens is 337 g/mol. The first kappa shape index (κ1) is 19.4. The van der Waals surface area contributed by atoms with Gasteiger partial charge in [-0.2, -0.15) is 13.2 Å². The van der Waals surface area contributed by atoms with Gasteiger partial charge in [-0.25, -0.2) is 0 Å². The fraction of sp³-hybridized carbons (Fsp3) is 0.588. The molecule has 1 aromatic rings. The molecule has 1 saturated heterocycles. The number of alkyl halides is 3. The molecule has 8 heteroatoms. The van der Waals surface area contributed by atoms with Crippen molar-refractivity contribution in [1.29, 1.82) is 0 Å². The molecule has 1 aromatic carbocycles. The molecule has 1 fully saturated rings. The molecule has 0 radical (unpaired) electrons. The minimum Gasteiger partial charge on any atom is -0.481 e. The summed E-state index contributed by atoms with van der Waals surface area (Å²) in [6, 6.07) is 4.36. The van der Waals surface area contributed by atoms with E-state index in [9.17, 15) is 18.0 Å². The van der Waals surface area contributed by atoms with Gasteiger partial charge in [0.1, 0.15) is 0 Å². The second-order valence-electron chi connectivity index (χ2n) is 6.14. The van der Waals surface area contributed by atoms with Crippen molar-refractivity contribution < 1.29 is 27.8 Å². The lowest BCUT2D eigenvalue weighted by molar-refractivity contribution is -0.163. The first-order valence-corrected chi connectivity index (χ1v) is 8.26. The molecule has 0 amide bonds. The van der Waals surface area contributed by atoms with Gasteiger partial charge in [0, 0.05) is 25.8 Å². The number of carboxylic acid groups (broad SMARTS) is 1. The van der Waals surface area contributed by atoms with Crippen molar-refractivity contribution in [3.8, 4) is 0 Å². The van der Waals surface area contributed by atoms with E-state index >= 15 is 0 Å². The maximum Gasteiger partial charge on any atom is 0.396 e. The van der Waals surface area contributed by atoms with Gasteiger partial charge in [-0.3, -0.25) is 4.79 Å². The third-order valence-corrected chi connectivity index (χ3v) is 4.51. The second-order valence-corrected chi connectivity index (χ2v) is 6.14. The first-order valence-electron chi connectivity index (χ1n) is 8.26. The van der Waals surface area contributed by atoms with E-state index in [2.05, 4.69) is 4.90 Å². The van der Waals surface area contributed by atoms with Crippen molar-refractivity contribution in [1.82, 2.24) is 0 Å². The van der Waals surface area contributed by atoms with Crippen LogP contribution in [0, 0.1) is 0 Å². The van der Waals surface area contributed by atoms with Crippen molar-refractivity contribution >= 4 is 17.3 Å². The van der Waals surface area contributed by atoms with Crippen LogP contribution in [0.15, 0.2) is 18.2 Å². The summed E-state index contributed by atoms with van der Waals surface area (Å²) in [5.74, 6) is -3.57. The van der Waals surface area contributed by atoms with Gasteiger partial charge in [0.2, 0.25) is 0 Å². The van der Waals surface area contributed by atoms with Gasteiger partial charge in [0.05, 0.1) is 23.7 Å². The highest BCUT2D eigenvalue weighted by Crippen LogP contribution is 2.40. The number of hydrogen-bond acceptors (Lipinski definition) is 4. The number of aliphatic carboxylic acids is 1. The van der Waals surface area contributed by atoms with Crippen LogP contribution < -0.4 is 10.6 Å². The fourth-order valence-electron chi connectivity index (χ4n) is 3.27. The Labute approximate surface area is 144 Å². The van der Waals surface area contributed by atoms with Gasteiger partial charge in [-0.15, -0.1) is 0 Å². The van der Waals surface area contributed by atoms with Crippen LogP contribution in [0.5, 0.6) is 0 Å². The summed E-state index contributed by atoms with van der Waals surface area (Å²) in [5, 5.41) is 8.78. The zero-order valence-corrected chi connectivity index (χ0v) is 14.1. The summed E-state index contributed by atoms with van der Waals surface area (Å²) in [6.07, 6.45) is -3.99. The van der Waals surface area contributed by atoms with Gasteiger partial charge in [-0.05, 0) is 37.5 Å². The predicted molar refractivity (Wildman–Crippen MR) is 88.8 cm³/mol. The molecule has 0 bridgehead atoms. The lowest BCUT2D eigenvalue weighted by Crippen LogP contribution is -2.39. The van der Waals surface area contributed by atoms with Gasteiger partial charge in [-0.1, -0.05) is 6.07 Å². The molecule has 1 heterocycles. The monoisotopic (exact) mass is 360 g/mol. The Kier molecular flexibility index (Phi) is 6.16. The Morgan fingerprint density at radius 1 is 1.40 bits per heavy atom. The van der Waals surface area contributed by atoms with Crippen LogP contribution in [0.1, 0.15) is 37.7 Å². The minimum absolute atomic E-state index is 0.126. The molecular formula is C17H23F3N2O3. The Balaban J connectivity index is 2.30. The topological polar surface area (TPSA) is 75.8 Å². The number of nitrogens with two attached hydrogens (primary N) is 1. The van der Waals surface area contributed by atoms with Crippen LogP contribution in [0.3, 0.4) is 0 Å². The molecule has 0 aliphatic carbocycles. The number of nitrogens with zero attached hydrogens (tertiary/aromatic N) is 1. The average molecular weight is 360 g/mol. The van der Waals surface area contributed by atoms with E-state index in [4.69, 9.17) is 15.6 Å². The number of carboxylic acids is 1. The predicted octanol–water partition coefficient (Wildman–Crippen LogP) is 3.39. The van der Waals surface area contributed by atoms with E-state index in [0.29, 0.717) is 25.4 Å². The lowest BCUT2D eigenvalue weighted by atomic mass is 9.94. The largest absolute Gasteiger partial charge is 0.481 e. The fourth-order valence-corrected chi connectivity index (χ4v) is 3.27. The Morgan fingerprint density at radius 2 is 2.04 bits per heavy atom. The Bertz CT molecular complexity index is 601. The number of rotatable bonds is 6. The maximum atomic E-state index is 13.2. The van der Waals surface area contributed by atoms with Crippen molar-refractivity contribution in [2.45, 2.75) is 44.3 Å². The van der Waals surface area contributed by atoms with Gasteiger partial charge < -0.3 is 20.5 Å². The number of benzene rings is 1. The minimum atomic E-state index is -4.64. The van der Waals surface area contributed by atoms with E-state index in [1.165, 1.54) is 12.1 Å². The van der Waals surface area contributed by atoms with Gasteiger partial charge >= 0.3 is 12.1 Å². The molecule has 5 nitrogen and oxygen atoms in total. The van der Waals surface area contributed by atoms with Crippen molar-refractivity contribution in [3.63, 3.8) is 0 Å². The lowest BCUT2D eigenvalue weighted by Gasteiger charge is -2.36. The number of hydrogen-bond donors (Lipinski definition) is 2. The number of carbonyl (C=O) groups is 1. The molecule has 2 rings (SSSR count). The Morgan fingerprint density at radius 3 is 2.52 bits per heavy atom. The highest BCUT2D eigenvalue weighted by atomic mass is 19.4. The molecule has 25 heavy (non-hydrogen) atoms. The van der Waals surface area contributed by atoms with Crippen molar-refractivity contribution in [2.75, 3.05) is 30.4 Å². The normalized spacial score (nSPS) is 17.3. The molecule has 0 unspecified atom stereocenters. The average Bonchev–Trinajstić information content (AvgIpc) is 2.54. The summed E-state index contributed by atoms with van der Waals surface area (Å²) in [6.45, 7) is 3.93. The van der Waals surface area contributed by atoms with E-state index in [0.717, 1.165) is 12.8 Å². The van der Waals surface area contributed by atoms with E-state index in [1.807, 2.05) is 6.92 Å². The van der Waals surface area contributed by atoms with E-state index in [-0.39, 0.29) is 17.3 Å². The smallest absolute Gasteiger partial charge is 0.396 e. The zero-order valence-electron chi connectivity index (χ0n) is 14.1. The second kappa shape index (κ2) is 7.95. The molecule has 0 spiro atoms. The molecule has 140 valence electrons. The highest BCUT2D eigenvalue weighted by molar-refractivity contribution is 5.71. The van der Waals surface area contributed by atoms with E-state index in [1.54, 1.807) is 6.07 Å². The van der Waals surface area contributed by atoms with Crippen LogP contribution in [-0.4, -0.2) is 43.1 Å². The summed E-state index contributed by atoms with van der Waals surface area (Å²) in [4.78, 5) is 12.9. The Hall–Kier alpha value is -1.96. The molecule has 3 N–H and O–H groups in total. The van der Waals surface area contributed by atoms with Gasteiger partial charge in [0.15, 0.2) is 0 Å². The number of ether oxygens (including phenoxy) is 1. The SMILES string of the molecule is CCN(c1ccc([C@H](CC(=O)O)C(F)(F)F)cc1N)C1CCOCC1. The summed E-state index contributed by atoms with van der Waals surface area (Å²) in [5.41, 5.74) is 6.81. The van der Waals surface area contributed by atoms with Crippen LogP contribution in [-0.2, 0) is 9.53 Å². The van der Waals surface area contributed by atoms with Crippen LogP contribution in [0.4, 0.5) is 24.5 Å². The van der Waals surface area contributed by atoms with Crippen LogP contribution >= 0.6 is 0 Å². The molecule has 1 aliphatic rings. The molecule has 0 saturated carbocycles. The third kappa shape index (κ3) is 4.78. The summed E-state index contributed by atoms with van der Waals surface area (Å²) < 4.78 is 44.9. The van der Waals surface area contributed by atoms with Gasteiger partial charge in [0.25, 0.3) is 0 Å². The molecule has 0 aromatic heterocycles. The molecule has 1 atom stereocenters. The quantitative estimate of drug-likeness (QED) is 0.761. The first-order chi connectivity index (χ1) is 11.7. The van der Waals surface area contributed by atoms with Crippen LogP contribution in [0.25, 0.3) is 0 Å². The number of anilines is 2. The number of nitrogen functional groups attached to an aromatic ring is 1. The highest BCUT2D eigenvalue weighted by Gasteiger charge is 2.42. The van der Waals surface area contributed by atoms with E-state index < -0.39 is 24.5 Å². The number of halogens is 3. The zero-order chi connectivity index (χ0) is 18.6. The standard InChI is InChI=1S/C17H23F3N2O3/c1-2-22(12-5-7-25-8-6-12)15-4-3-11(9-14(15)21)13(10-16(23)24)17(18,19)20/h3-4,9,12-13H,2,5-8,10,21H2,1H3,(H,23,24)/t13-/m0/s1.